The van der Waals surface area contributed by atoms with Crippen LogP contribution in [-0.2, 0) is 21.3 Å². The normalized spacial score (nSPS) is 27.4. The molecule has 0 aromatic heterocycles. The molecule has 1 aromatic rings. The van der Waals surface area contributed by atoms with Crippen molar-refractivity contribution in [2.75, 3.05) is 13.2 Å². The standard InChI is InChI=1S/C14H20N2O3S/c15-10-11-3-1-4-12(9-11)20(17,18)16-7-8-19-14-6-2-5-13(14)16/h1,3-4,9,13-14H,2,5-8,10,15H2. The fourth-order valence-corrected chi connectivity index (χ4v) is 4.89. The molecule has 2 fully saturated rings. The van der Waals surface area contributed by atoms with E-state index in [-0.39, 0.29) is 12.1 Å². The summed E-state index contributed by atoms with van der Waals surface area (Å²) in [5, 5.41) is 0. The molecular formula is C14H20N2O3S. The van der Waals surface area contributed by atoms with Gasteiger partial charge in [-0.3, -0.25) is 0 Å². The highest BCUT2D eigenvalue weighted by Gasteiger charge is 2.42. The molecule has 0 spiro atoms. The molecule has 2 unspecified atom stereocenters. The highest BCUT2D eigenvalue weighted by atomic mass is 32.2. The third-order valence-electron chi connectivity index (χ3n) is 4.17. The van der Waals surface area contributed by atoms with Crippen molar-refractivity contribution >= 4 is 10.0 Å². The van der Waals surface area contributed by atoms with Gasteiger partial charge in [-0.25, -0.2) is 8.42 Å². The number of nitrogens with two attached hydrogens (primary N) is 1. The Kier molecular flexibility index (Phi) is 3.81. The second-order valence-electron chi connectivity index (χ2n) is 5.37. The second-order valence-corrected chi connectivity index (χ2v) is 7.27. The molecule has 6 heteroatoms. The van der Waals surface area contributed by atoms with Gasteiger partial charge in [-0.2, -0.15) is 4.31 Å². The van der Waals surface area contributed by atoms with Gasteiger partial charge in [-0.05, 0) is 37.0 Å². The Bertz CT molecular complexity index is 588. The average Bonchev–Trinajstić information content (AvgIpc) is 2.95. The lowest BCUT2D eigenvalue weighted by Gasteiger charge is -2.36. The van der Waals surface area contributed by atoms with Gasteiger partial charge in [-0.1, -0.05) is 12.1 Å². The lowest BCUT2D eigenvalue weighted by atomic mass is 10.2. The van der Waals surface area contributed by atoms with Crippen LogP contribution in [0.25, 0.3) is 0 Å². The number of benzene rings is 1. The number of fused-ring (bicyclic) bond motifs is 1. The fraction of sp³-hybridized carbons (Fsp3) is 0.571. The zero-order valence-electron chi connectivity index (χ0n) is 11.4. The van der Waals surface area contributed by atoms with E-state index in [4.69, 9.17) is 10.5 Å². The first-order valence-corrected chi connectivity index (χ1v) is 8.49. The van der Waals surface area contributed by atoms with Gasteiger partial charge < -0.3 is 10.5 Å². The molecule has 2 N–H and O–H groups in total. The van der Waals surface area contributed by atoms with E-state index in [0.29, 0.717) is 24.6 Å². The summed E-state index contributed by atoms with van der Waals surface area (Å²) in [5.41, 5.74) is 6.43. The summed E-state index contributed by atoms with van der Waals surface area (Å²) in [7, 11) is -3.45. The molecule has 2 aliphatic rings. The Hall–Kier alpha value is -0.950. The fourth-order valence-electron chi connectivity index (χ4n) is 3.16. The zero-order chi connectivity index (χ0) is 14.2. The summed E-state index contributed by atoms with van der Waals surface area (Å²) >= 11 is 0. The van der Waals surface area contributed by atoms with E-state index in [9.17, 15) is 8.42 Å². The summed E-state index contributed by atoms with van der Waals surface area (Å²) in [6, 6.07) is 6.91. The number of hydrogen-bond donors (Lipinski definition) is 1. The number of ether oxygens (including phenoxy) is 1. The van der Waals surface area contributed by atoms with Crippen LogP contribution in [0.3, 0.4) is 0 Å². The number of sulfonamides is 1. The van der Waals surface area contributed by atoms with E-state index in [0.717, 1.165) is 24.8 Å². The van der Waals surface area contributed by atoms with Crippen LogP contribution in [0.5, 0.6) is 0 Å². The van der Waals surface area contributed by atoms with Crippen molar-refractivity contribution in [1.82, 2.24) is 4.31 Å². The average molecular weight is 296 g/mol. The van der Waals surface area contributed by atoms with Gasteiger partial charge in [0, 0.05) is 13.1 Å². The molecule has 0 amide bonds. The van der Waals surface area contributed by atoms with Crippen molar-refractivity contribution in [1.29, 1.82) is 0 Å². The van der Waals surface area contributed by atoms with Crippen molar-refractivity contribution in [3.63, 3.8) is 0 Å². The molecule has 1 saturated carbocycles. The Morgan fingerprint density at radius 2 is 2.20 bits per heavy atom. The molecular weight excluding hydrogens is 276 g/mol. The van der Waals surface area contributed by atoms with E-state index in [1.807, 2.05) is 6.07 Å². The topological polar surface area (TPSA) is 72.6 Å². The third kappa shape index (κ3) is 2.37. The van der Waals surface area contributed by atoms with Crippen molar-refractivity contribution < 1.29 is 13.2 Å². The maximum Gasteiger partial charge on any atom is 0.243 e. The molecule has 3 rings (SSSR count). The minimum absolute atomic E-state index is 0.00437. The van der Waals surface area contributed by atoms with Crippen molar-refractivity contribution in [2.24, 2.45) is 5.73 Å². The maximum absolute atomic E-state index is 12.8. The Balaban J connectivity index is 1.94. The third-order valence-corrected chi connectivity index (χ3v) is 6.09. The first-order chi connectivity index (χ1) is 9.63. The van der Waals surface area contributed by atoms with Crippen molar-refractivity contribution in [3.8, 4) is 0 Å². The summed E-state index contributed by atoms with van der Waals surface area (Å²) in [6.07, 6.45) is 2.95. The van der Waals surface area contributed by atoms with Gasteiger partial charge in [0.05, 0.1) is 23.6 Å². The van der Waals surface area contributed by atoms with Gasteiger partial charge in [0.2, 0.25) is 10.0 Å². The Morgan fingerprint density at radius 3 is 3.00 bits per heavy atom. The van der Waals surface area contributed by atoms with E-state index < -0.39 is 10.0 Å². The Labute approximate surface area is 119 Å². The molecule has 1 saturated heterocycles. The van der Waals surface area contributed by atoms with Crippen LogP contribution in [0, 0.1) is 0 Å². The monoisotopic (exact) mass is 296 g/mol. The summed E-state index contributed by atoms with van der Waals surface area (Å²) < 4.78 is 33.0. The molecule has 5 nitrogen and oxygen atoms in total. The largest absolute Gasteiger partial charge is 0.375 e. The maximum atomic E-state index is 12.8. The van der Waals surface area contributed by atoms with Crippen LogP contribution in [-0.4, -0.2) is 38.0 Å². The van der Waals surface area contributed by atoms with Crippen LogP contribution in [0.15, 0.2) is 29.2 Å². The molecule has 1 heterocycles. The van der Waals surface area contributed by atoms with E-state index in [2.05, 4.69) is 0 Å². The zero-order valence-corrected chi connectivity index (χ0v) is 12.2. The van der Waals surface area contributed by atoms with Gasteiger partial charge in [0.25, 0.3) is 0 Å². The highest BCUT2D eigenvalue weighted by molar-refractivity contribution is 7.89. The van der Waals surface area contributed by atoms with E-state index >= 15 is 0 Å². The van der Waals surface area contributed by atoms with Gasteiger partial charge in [0.1, 0.15) is 0 Å². The molecule has 20 heavy (non-hydrogen) atoms. The lowest BCUT2D eigenvalue weighted by Crippen LogP contribution is -2.51. The smallest absolute Gasteiger partial charge is 0.243 e. The first-order valence-electron chi connectivity index (χ1n) is 7.05. The highest BCUT2D eigenvalue weighted by Crippen LogP contribution is 2.33. The quantitative estimate of drug-likeness (QED) is 0.906. The molecule has 2 atom stereocenters. The predicted octanol–water partition coefficient (Wildman–Crippen LogP) is 1.09. The molecule has 0 radical (unpaired) electrons. The van der Waals surface area contributed by atoms with Gasteiger partial charge >= 0.3 is 0 Å². The number of nitrogens with zero attached hydrogens (tertiary/aromatic N) is 1. The van der Waals surface area contributed by atoms with E-state index in [1.165, 1.54) is 0 Å². The Morgan fingerprint density at radius 1 is 1.35 bits per heavy atom. The SMILES string of the molecule is NCc1cccc(S(=O)(=O)N2CCOC3CCCC32)c1. The number of rotatable bonds is 3. The number of hydrogen-bond acceptors (Lipinski definition) is 4. The van der Waals surface area contributed by atoms with Crippen LogP contribution < -0.4 is 5.73 Å². The molecule has 1 aliphatic heterocycles. The van der Waals surface area contributed by atoms with Crippen LogP contribution in [0.4, 0.5) is 0 Å². The van der Waals surface area contributed by atoms with Crippen molar-refractivity contribution in [3.05, 3.63) is 29.8 Å². The lowest BCUT2D eigenvalue weighted by molar-refractivity contribution is -0.0241. The summed E-state index contributed by atoms with van der Waals surface area (Å²) in [5.74, 6) is 0. The summed E-state index contributed by atoms with van der Waals surface area (Å²) in [4.78, 5) is 0.341. The molecule has 1 aliphatic carbocycles. The van der Waals surface area contributed by atoms with Crippen LogP contribution in [0.1, 0.15) is 24.8 Å². The summed E-state index contributed by atoms with van der Waals surface area (Å²) in [6.45, 7) is 1.27. The van der Waals surface area contributed by atoms with E-state index in [1.54, 1.807) is 22.5 Å². The van der Waals surface area contributed by atoms with Gasteiger partial charge in [0.15, 0.2) is 0 Å². The molecule has 110 valence electrons. The second kappa shape index (κ2) is 5.44. The molecule has 0 bridgehead atoms. The minimum Gasteiger partial charge on any atom is -0.375 e. The number of morpholine rings is 1. The van der Waals surface area contributed by atoms with Crippen LogP contribution in [0.2, 0.25) is 0 Å². The molecule has 1 aromatic carbocycles. The van der Waals surface area contributed by atoms with Crippen LogP contribution >= 0.6 is 0 Å². The minimum atomic E-state index is -3.45. The van der Waals surface area contributed by atoms with Crippen molar-refractivity contribution in [2.45, 2.75) is 42.8 Å². The predicted molar refractivity (Wildman–Crippen MR) is 75.6 cm³/mol. The first kappa shape index (κ1) is 14.0. The van der Waals surface area contributed by atoms with Gasteiger partial charge in [-0.15, -0.1) is 0 Å².